The highest BCUT2D eigenvalue weighted by Gasteiger charge is 2.29. The van der Waals surface area contributed by atoms with Gasteiger partial charge in [0, 0.05) is 23.0 Å². The number of carbonyl (C=O) groups is 2. The molecule has 1 aliphatic rings. The van der Waals surface area contributed by atoms with Crippen LogP contribution in [0, 0.1) is 23.1 Å². The van der Waals surface area contributed by atoms with Gasteiger partial charge >= 0.3 is 5.97 Å². The molecule has 1 aromatic heterocycles. The Morgan fingerprint density at radius 2 is 2.28 bits per heavy atom. The van der Waals surface area contributed by atoms with Crippen molar-refractivity contribution >= 4 is 39.3 Å². The highest BCUT2D eigenvalue weighted by Crippen LogP contribution is 2.31. The normalized spacial score (nSPS) is 18.7. The van der Waals surface area contributed by atoms with E-state index in [4.69, 9.17) is 10.5 Å². The van der Waals surface area contributed by atoms with Crippen LogP contribution in [-0.4, -0.2) is 42.0 Å². The summed E-state index contributed by atoms with van der Waals surface area (Å²) in [6.45, 7) is 0.745. The number of nitrogens with one attached hydrogen (secondary N) is 1. The molecule has 11 heteroatoms. The van der Waals surface area contributed by atoms with Gasteiger partial charge in [-0.2, -0.15) is 10.4 Å². The SMILES string of the molecule is COC(=O)c1c(F)cc(Nc2nn([C@H]3COCC[C@@H]3C#N)cc2C(N)=O)cc1Br. The van der Waals surface area contributed by atoms with Gasteiger partial charge in [0.05, 0.1) is 31.7 Å². The molecule has 0 bridgehead atoms. The number of methoxy groups -OCH3 is 1. The average Bonchev–Trinajstić information content (AvgIpc) is 3.11. The zero-order valence-electron chi connectivity index (χ0n) is 15.3. The van der Waals surface area contributed by atoms with Crippen molar-refractivity contribution in [1.29, 1.82) is 5.26 Å². The van der Waals surface area contributed by atoms with Crippen molar-refractivity contribution < 1.29 is 23.5 Å². The molecule has 3 N–H and O–H groups in total. The lowest BCUT2D eigenvalue weighted by Gasteiger charge is -2.26. The molecule has 0 saturated carbocycles. The van der Waals surface area contributed by atoms with Gasteiger partial charge in [0.25, 0.3) is 5.91 Å². The lowest BCUT2D eigenvalue weighted by molar-refractivity contribution is 0.0342. The Morgan fingerprint density at radius 3 is 2.90 bits per heavy atom. The van der Waals surface area contributed by atoms with Gasteiger partial charge in [-0.25, -0.2) is 9.18 Å². The summed E-state index contributed by atoms with van der Waals surface area (Å²) >= 11 is 3.13. The minimum absolute atomic E-state index is 0.0702. The standard InChI is InChI=1S/C18H17BrFN5O4/c1-28-18(27)15-12(19)4-10(5-13(15)20)23-17-11(16(22)26)7-25(24-17)14-8-29-3-2-9(14)6-21/h4-5,7,9,14H,2-3,8H2,1H3,(H2,22,26)(H,23,24)/t9-,14+/m1/s1. The van der Waals surface area contributed by atoms with E-state index < -0.39 is 17.7 Å². The lowest BCUT2D eigenvalue weighted by Crippen LogP contribution is -2.29. The maximum absolute atomic E-state index is 14.4. The van der Waals surface area contributed by atoms with Gasteiger partial charge in [-0.05, 0) is 34.5 Å². The Balaban J connectivity index is 1.95. The minimum atomic E-state index is -0.831. The van der Waals surface area contributed by atoms with Crippen LogP contribution in [-0.2, 0) is 9.47 Å². The Hall–Kier alpha value is -2.97. The maximum Gasteiger partial charge on any atom is 0.342 e. The van der Waals surface area contributed by atoms with Gasteiger partial charge in [-0.1, -0.05) is 0 Å². The van der Waals surface area contributed by atoms with Crippen molar-refractivity contribution in [1.82, 2.24) is 9.78 Å². The summed E-state index contributed by atoms with van der Waals surface area (Å²) in [5, 5.41) is 16.5. The number of benzene rings is 1. The maximum atomic E-state index is 14.4. The molecule has 0 unspecified atom stereocenters. The van der Waals surface area contributed by atoms with Gasteiger partial charge in [0.1, 0.15) is 16.9 Å². The smallest absolute Gasteiger partial charge is 0.342 e. The van der Waals surface area contributed by atoms with E-state index in [1.165, 1.54) is 16.9 Å². The van der Waals surface area contributed by atoms with Crippen LogP contribution in [0.4, 0.5) is 15.9 Å². The number of nitrogens with zero attached hydrogens (tertiary/aromatic N) is 3. The number of carbonyl (C=O) groups excluding carboxylic acids is 2. The number of hydrogen-bond acceptors (Lipinski definition) is 7. The molecule has 152 valence electrons. The first kappa shape index (κ1) is 20.8. The number of amides is 1. The van der Waals surface area contributed by atoms with Gasteiger partial charge in [0.15, 0.2) is 5.82 Å². The molecule has 1 amide bonds. The summed E-state index contributed by atoms with van der Waals surface area (Å²) in [4.78, 5) is 23.5. The molecule has 2 aromatic rings. The highest BCUT2D eigenvalue weighted by molar-refractivity contribution is 9.10. The number of nitrogens with two attached hydrogens (primary N) is 1. The molecule has 1 aromatic carbocycles. The van der Waals surface area contributed by atoms with Gasteiger partial charge in [-0.3, -0.25) is 9.48 Å². The molecule has 29 heavy (non-hydrogen) atoms. The summed E-state index contributed by atoms with van der Waals surface area (Å²) < 4.78 is 26.0. The van der Waals surface area contributed by atoms with E-state index >= 15 is 0 Å². The summed E-state index contributed by atoms with van der Waals surface area (Å²) in [5.74, 6) is -2.63. The fourth-order valence-corrected chi connectivity index (χ4v) is 3.65. The number of aromatic nitrogens is 2. The molecule has 2 heterocycles. The van der Waals surface area contributed by atoms with Crippen LogP contribution in [0.15, 0.2) is 22.8 Å². The predicted octanol–water partition coefficient (Wildman–Crippen LogP) is 2.51. The first-order chi connectivity index (χ1) is 13.8. The number of hydrogen-bond donors (Lipinski definition) is 2. The van der Waals surface area contributed by atoms with E-state index in [1.54, 1.807) is 0 Å². The molecule has 1 aliphatic heterocycles. The molecule has 1 fully saturated rings. The van der Waals surface area contributed by atoms with E-state index in [1.807, 2.05) is 0 Å². The monoisotopic (exact) mass is 465 g/mol. The molecule has 2 atom stereocenters. The third-order valence-electron chi connectivity index (χ3n) is 4.52. The third kappa shape index (κ3) is 4.23. The number of esters is 1. The van der Waals surface area contributed by atoms with E-state index in [-0.39, 0.29) is 45.7 Å². The molecule has 3 rings (SSSR count). The van der Waals surface area contributed by atoms with Gasteiger partial charge in [0.2, 0.25) is 0 Å². The molecular weight excluding hydrogens is 449 g/mol. The molecule has 1 saturated heterocycles. The zero-order valence-corrected chi connectivity index (χ0v) is 16.9. The van der Waals surface area contributed by atoms with Crippen LogP contribution in [0.25, 0.3) is 0 Å². The first-order valence-corrected chi connectivity index (χ1v) is 9.35. The summed E-state index contributed by atoms with van der Waals surface area (Å²) in [6, 6.07) is 4.36. The number of rotatable bonds is 5. The number of halogens is 2. The van der Waals surface area contributed by atoms with Crippen LogP contribution in [0.1, 0.15) is 33.2 Å². The van der Waals surface area contributed by atoms with E-state index in [0.29, 0.717) is 13.0 Å². The fraction of sp³-hybridized carbons (Fsp3) is 0.333. The summed E-state index contributed by atoms with van der Waals surface area (Å²) in [6.07, 6.45) is 1.98. The second-order valence-corrected chi connectivity index (χ2v) is 7.19. The number of primary amides is 1. The Labute approximate surface area is 173 Å². The van der Waals surface area contributed by atoms with Gasteiger partial charge in [-0.15, -0.1) is 0 Å². The van der Waals surface area contributed by atoms with Gasteiger partial charge < -0.3 is 20.5 Å². The van der Waals surface area contributed by atoms with Crippen LogP contribution in [0.2, 0.25) is 0 Å². The second-order valence-electron chi connectivity index (χ2n) is 6.33. The Bertz CT molecular complexity index is 980. The van der Waals surface area contributed by atoms with E-state index in [0.717, 1.165) is 13.2 Å². The van der Waals surface area contributed by atoms with Crippen LogP contribution < -0.4 is 11.1 Å². The topological polar surface area (TPSA) is 132 Å². The van der Waals surface area contributed by atoms with Crippen molar-refractivity contribution in [3.05, 3.63) is 39.7 Å². The molecular formula is C18H17BrFN5O4. The quantitative estimate of drug-likeness (QED) is 0.648. The summed E-state index contributed by atoms with van der Waals surface area (Å²) in [5.41, 5.74) is 5.49. The Kier molecular flexibility index (Phi) is 6.14. The van der Waals surface area contributed by atoms with Crippen molar-refractivity contribution in [2.75, 3.05) is 25.6 Å². The highest BCUT2D eigenvalue weighted by atomic mass is 79.9. The predicted molar refractivity (Wildman–Crippen MR) is 103 cm³/mol. The largest absolute Gasteiger partial charge is 0.465 e. The number of ether oxygens (including phenoxy) is 2. The van der Waals surface area contributed by atoms with E-state index in [2.05, 4.69) is 37.2 Å². The molecule has 9 nitrogen and oxygen atoms in total. The van der Waals surface area contributed by atoms with Crippen LogP contribution in [0.3, 0.4) is 0 Å². The fourth-order valence-electron chi connectivity index (χ4n) is 3.05. The van der Waals surface area contributed by atoms with Crippen LogP contribution in [0.5, 0.6) is 0 Å². The summed E-state index contributed by atoms with van der Waals surface area (Å²) in [7, 11) is 1.15. The number of nitriles is 1. The zero-order chi connectivity index (χ0) is 21.1. The van der Waals surface area contributed by atoms with Crippen LogP contribution >= 0.6 is 15.9 Å². The van der Waals surface area contributed by atoms with Crippen molar-refractivity contribution in [3.8, 4) is 6.07 Å². The third-order valence-corrected chi connectivity index (χ3v) is 5.15. The average molecular weight is 466 g/mol. The van der Waals surface area contributed by atoms with Crippen molar-refractivity contribution in [3.63, 3.8) is 0 Å². The molecule has 0 radical (unpaired) electrons. The van der Waals surface area contributed by atoms with E-state index in [9.17, 15) is 19.2 Å². The van der Waals surface area contributed by atoms with Crippen molar-refractivity contribution in [2.24, 2.45) is 11.7 Å². The first-order valence-electron chi connectivity index (χ1n) is 8.56. The molecule has 0 aliphatic carbocycles. The Morgan fingerprint density at radius 1 is 1.52 bits per heavy atom. The van der Waals surface area contributed by atoms with Crippen molar-refractivity contribution in [2.45, 2.75) is 12.5 Å². The lowest BCUT2D eigenvalue weighted by atomic mass is 9.97. The second kappa shape index (κ2) is 8.59. The minimum Gasteiger partial charge on any atom is -0.465 e. The molecule has 0 spiro atoms. The number of anilines is 2.